The highest BCUT2D eigenvalue weighted by Crippen LogP contribution is 2.30. The van der Waals surface area contributed by atoms with Crippen LogP contribution in [0.3, 0.4) is 0 Å². The number of carboxylic acids is 1. The number of carbonyl (C=O) groups is 1. The molecule has 0 unspecified atom stereocenters. The lowest BCUT2D eigenvalue weighted by molar-refractivity contribution is 0.0697. The lowest BCUT2D eigenvalue weighted by Crippen LogP contribution is -2.24. The van der Waals surface area contributed by atoms with Gasteiger partial charge in [0.05, 0.1) is 17.1 Å². The van der Waals surface area contributed by atoms with Gasteiger partial charge >= 0.3 is 5.97 Å². The van der Waals surface area contributed by atoms with Gasteiger partial charge < -0.3 is 14.8 Å². The minimum absolute atomic E-state index is 0. The molecule has 2 N–H and O–H groups in total. The maximum absolute atomic E-state index is 11.1. The molecule has 1 fully saturated rings. The van der Waals surface area contributed by atoms with E-state index in [-0.39, 0.29) is 18.0 Å². The molecular weight excluding hydrogens is 337 g/mol. The summed E-state index contributed by atoms with van der Waals surface area (Å²) in [5.41, 5.74) is 0.801. The predicted octanol–water partition coefficient (Wildman–Crippen LogP) is 4.75. The number of carboxylic acid groups (broad SMARTS) is 1. The van der Waals surface area contributed by atoms with Gasteiger partial charge in [-0.25, -0.2) is 4.79 Å². The fourth-order valence-electron chi connectivity index (χ4n) is 2.84. The molecule has 4 nitrogen and oxygen atoms in total. The van der Waals surface area contributed by atoms with Crippen LogP contribution >= 0.6 is 24.0 Å². The van der Waals surface area contributed by atoms with Gasteiger partial charge in [0.25, 0.3) is 0 Å². The summed E-state index contributed by atoms with van der Waals surface area (Å²) in [4.78, 5) is 11.1. The second-order valence-electron chi connectivity index (χ2n) is 5.63. The minimum atomic E-state index is -0.979. The van der Waals surface area contributed by atoms with Crippen molar-refractivity contribution in [2.75, 3.05) is 0 Å². The lowest BCUT2D eigenvalue weighted by Gasteiger charge is -2.09. The Bertz CT molecular complexity index is 678. The fraction of sp³-hybridized carbons (Fsp3) is 0.353. The summed E-state index contributed by atoms with van der Waals surface area (Å²) in [7, 11) is 0. The van der Waals surface area contributed by atoms with Crippen LogP contribution in [-0.2, 0) is 6.54 Å². The lowest BCUT2D eigenvalue weighted by atomic mass is 10.1. The van der Waals surface area contributed by atoms with Crippen LogP contribution < -0.4 is 5.32 Å². The van der Waals surface area contributed by atoms with Crippen LogP contribution in [-0.4, -0.2) is 17.1 Å². The number of aromatic carboxylic acids is 1. The normalized spacial score (nSPS) is 14.7. The average Bonchev–Trinajstić information content (AvgIpc) is 3.17. The quantitative estimate of drug-likeness (QED) is 0.811. The third kappa shape index (κ3) is 4.28. The Hall–Kier alpha value is -1.49. The monoisotopic (exact) mass is 355 g/mol. The second kappa shape index (κ2) is 7.86. The van der Waals surface area contributed by atoms with Gasteiger partial charge in [-0.15, -0.1) is 12.4 Å². The highest BCUT2D eigenvalue weighted by Gasteiger charge is 2.16. The summed E-state index contributed by atoms with van der Waals surface area (Å²) in [6, 6.07) is 8.92. The zero-order valence-corrected chi connectivity index (χ0v) is 14.1. The van der Waals surface area contributed by atoms with E-state index in [2.05, 4.69) is 5.32 Å². The van der Waals surface area contributed by atoms with Crippen LogP contribution in [0.2, 0.25) is 5.02 Å². The third-order valence-electron chi connectivity index (χ3n) is 4.06. The van der Waals surface area contributed by atoms with E-state index in [4.69, 9.17) is 21.1 Å². The SMILES string of the molecule is Cl.O=C(O)c1ccc(Cl)c(-c2ccc(CNC3CCCC3)o2)c1. The van der Waals surface area contributed by atoms with E-state index in [0.717, 1.165) is 5.76 Å². The molecule has 0 radical (unpaired) electrons. The molecule has 1 aromatic heterocycles. The van der Waals surface area contributed by atoms with Gasteiger partial charge in [0.1, 0.15) is 11.5 Å². The number of furan rings is 1. The van der Waals surface area contributed by atoms with Crippen molar-refractivity contribution in [2.45, 2.75) is 38.3 Å². The number of benzene rings is 1. The van der Waals surface area contributed by atoms with Crippen LogP contribution in [0.25, 0.3) is 11.3 Å². The number of halogens is 2. The predicted molar refractivity (Wildman–Crippen MR) is 92.5 cm³/mol. The molecule has 0 saturated heterocycles. The Morgan fingerprint density at radius 1 is 1.26 bits per heavy atom. The van der Waals surface area contributed by atoms with E-state index in [1.807, 2.05) is 12.1 Å². The molecule has 1 heterocycles. The van der Waals surface area contributed by atoms with Gasteiger partial charge in [0, 0.05) is 11.6 Å². The maximum atomic E-state index is 11.1. The highest BCUT2D eigenvalue weighted by molar-refractivity contribution is 6.33. The second-order valence-corrected chi connectivity index (χ2v) is 6.04. The molecule has 0 bridgehead atoms. The van der Waals surface area contributed by atoms with Crippen LogP contribution in [0.15, 0.2) is 34.7 Å². The molecule has 0 aliphatic heterocycles. The van der Waals surface area contributed by atoms with Crippen LogP contribution in [0.5, 0.6) is 0 Å². The minimum Gasteiger partial charge on any atom is -0.478 e. The van der Waals surface area contributed by atoms with Crippen molar-refractivity contribution in [2.24, 2.45) is 0 Å². The third-order valence-corrected chi connectivity index (χ3v) is 4.39. The largest absolute Gasteiger partial charge is 0.478 e. The summed E-state index contributed by atoms with van der Waals surface area (Å²) >= 11 is 6.16. The summed E-state index contributed by atoms with van der Waals surface area (Å²) in [5.74, 6) is 0.447. The molecule has 1 aliphatic carbocycles. The summed E-state index contributed by atoms with van der Waals surface area (Å²) in [6.45, 7) is 0.681. The summed E-state index contributed by atoms with van der Waals surface area (Å²) in [5, 5.41) is 13.0. The molecule has 1 aromatic carbocycles. The van der Waals surface area contributed by atoms with Crippen molar-refractivity contribution in [1.82, 2.24) is 5.32 Å². The molecule has 124 valence electrons. The van der Waals surface area contributed by atoms with Crippen LogP contribution in [0, 0.1) is 0 Å². The number of hydrogen-bond donors (Lipinski definition) is 2. The first-order chi connectivity index (χ1) is 10.6. The first-order valence-electron chi connectivity index (χ1n) is 7.49. The van der Waals surface area contributed by atoms with Gasteiger partial charge in [0.15, 0.2) is 0 Å². The molecule has 23 heavy (non-hydrogen) atoms. The maximum Gasteiger partial charge on any atom is 0.335 e. The van der Waals surface area contributed by atoms with Gasteiger partial charge in [-0.1, -0.05) is 24.4 Å². The number of rotatable bonds is 5. The molecule has 0 amide bonds. The van der Waals surface area contributed by atoms with Crippen molar-refractivity contribution >= 4 is 30.0 Å². The molecule has 1 aliphatic rings. The number of nitrogens with one attached hydrogen (secondary N) is 1. The Morgan fingerprint density at radius 3 is 2.70 bits per heavy atom. The summed E-state index contributed by atoms with van der Waals surface area (Å²) < 4.78 is 5.81. The van der Waals surface area contributed by atoms with Crippen molar-refractivity contribution < 1.29 is 14.3 Å². The smallest absolute Gasteiger partial charge is 0.335 e. The zero-order chi connectivity index (χ0) is 15.5. The molecule has 0 spiro atoms. The first-order valence-corrected chi connectivity index (χ1v) is 7.86. The van der Waals surface area contributed by atoms with Crippen molar-refractivity contribution in [1.29, 1.82) is 0 Å². The topological polar surface area (TPSA) is 62.5 Å². The highest BCUT2D eigenvalue weighted by atomic mass is 35.5. The van der Waals surface area contributed by atoms with E-state index >= 15 is 0 Å². The van der Waals surface area contributed by atoms with E-state index in [9.17, 15) is 4.79 Å². The van der Waals surface area contributed by atoms with Crippen molar-refractivity contribution in [3.8, 4) is 11.3 Å². The van der Waals surface area contributed by atoms with Crippen LogP contribution in [0.4, 0.5) is 0 Å². The Morgan fingerprint density at radius 2 is 2.00 bits per heavy atom. The molecule has 3 rings (SSSR count). The van der Waals surface area contributed by atoms with E-state index in [1.165, 1.54) is 37.8 Å². The molecule has 0 atom stereocenters. The molecular formula is C17H19Cl2NO3. The zero-order valence-electron chi connectivity index (χ0n) is 12.5. The van der Waals surface area contributed by atoms with Gasteiger partial charge in [-0.2, -0.15) is 0 Å². The van der Waals surface area contributed by atoms with Crippen LogP contribution in [0.1, 0.15) is 41.8 Å². The van der Waals surface area contributed by atoms with Gasteiger partial charge in [-0.3, -0.25) is 0 Å². The Labute approximate surface area is 146 Å². The first kappa shape index (κ1) is 17.9. The fourth-order valence-corrected chi connectivity index (χ4v) is 3.05. The van der Waals surface area contributed by atoms with E-state index < -0.39 is 5.97 Å². The summed E-state index contributed by atoms with van der Waals surface area (Å²) in [6.07, 6.45) is 5.03. The van der Waals surface area contributed by atoms with E-state index in [1.54, 1.807) is 6.07 Å². The molecule has 6 heteroatoms. The standard InChI is InChI=1S/C17H18ClNO3.ClH/c18-15-7-5-11(17(20)21)9-14(15)16-8-6-13(22-16)10-19-12-3-1-2-4-12;/h5-9,12,19H,1-4,10H2,(H,20,21);1H. The molecule has 1 saturated carbocycles. The molecule has 2 aromatic rings. The van der Waals surface area contributed by atoms with Crippen molar-refractivity contribution in [3.05, 3.63) is 46.7 Å². The Kier molecular flexibility index (Phi) is 6.10. The van der Waals surface area contributed by atoms with Gasteiger partial charge in [-0.05, 0) is 43.2 Å². The van der Waals surface area contributed by atoms with Gasteiger partial charge in [0.2, 0.25) is 0 Å². The number of hydrogen-bond acceptors (Lipinski definition) is 3. The average molecular weight is 356 g/mol. The Balaban J connectivity index is 0.00000192. The van der Waals surface area contributed by atoms with Crippen molar-refractivity contribution in [3.63, 3.8) is 0 Å². The van der Waals surface area contributed by atoms with E-state index in [0.29, 0.717) is 28.9 Å².